The van der Waals surface area contributed by atoms with Crippen molar-refractivity contribution in [1.29, 1.82) is 0 Å². The second-order valence-corrected chi connectivity index (χ2v) is 6.82. The van der Waals surface area contributed by atoms with Gasteiger partial charge in [0.2, 0.25) is 0 Å². The summed E-state index contributed by atoms with van der Waals surface area (Å²) in [7, 11) is 1.83. The Morgan fingerprint density at radius 3 is 2.38 bits per heavy atom. The van der Waals surface area contributed by atoms with Crippen LogP contribution in [0.5, 0.6) is 0 Å². The van der Waals surface area contributed by atoms with Crippen LogP contribution in [0.15, 0.2) is 0 Å². The van der Waals surface area contributed by atoms with Gasteiger partial charge in [-0.15, -0.1) is 0 Å². The Morgan fingerprint density at radius 2 is 2.00 bits per heavy atom. The molecule has 0 heterocycles. The first-order chi connectivity index (χ1) is 5.85. The zero-order valence-corrected chi connectivity index (χ0v) is 9.73. The van der Waals surface area contributed by atoms with E-state index in [1.165, 1.54) is 0 Å². The highest BCUT2D eigenvalue weighted by atomic mass is 32.7. The fourth-order valence-electron chi connectivity index (χ4n) is 1.00. The van der Waals surface area contributed by atoms with Crippen LogP contribution in [0.3, 0.4) is 0 Å². The fourth-order valence-corrected chi connectivity index (χ4v) is 3.13. The zero-order chi connectivity index (χ0) is 10.5. The van der Waals surface area contributed by atoms with E-state index in [1.54, 1.807) is 6.92 Å². The van der Waals surface area contributed by atoms with Gasteiger partial charge in [0.1, 0.15) is 0 Å². The van der Waals surface area contributed by atoms with Crippen molar-refractivity contribution in [3.8, 4) is 0 Å². The molecule has 0 radical (unpaired) electrons. The summed E-state index contributed by atoms with van der Waals surface area (Å²) in [5, 5.41) is 5.77. The average molecular weight is 228 g/mol. The maximum absolute atomic E-state index is 10.6. The maximum Gasteiger partial charge on any atom is 0.385 e. The third-order valence-corrected chi connectivity index (χ3v) is 3.82. The van der Waals surface area contributed by atoms with Crippen molar-refractivity contribution in [3.05, 3.63) is 0 Å². The van der Waals surface area contributed by atoms with Crippen LogP contribution in [0, 0.1) is 0 Å². The van der Waals surface area contributed by atoms with Gasteiger partial charge >= 0.3 is 6.80 Å². The molecule has 0 saturated carbocycles. The van der Waals surface area contributed by atoms with E-state index >= 15 is 0 Å². The number of rotatable bonds is 6. The van der Waals surface area contributed by atoms with E-state index in [0.29, 0.717) is 11.4 Å². The van der Waals surface area contributed by atoms with Gasteiger partial charge in [0.25, 0.3) is 0 Å². The first-order valence-electron chi connectivity index (χ1n) is 3.99. The highest BCUT2D eigenvalue weighted by molar-refractivity contribution is 8.54. The topological polar surface area (TPSA) is 81.6 Å². The molecule has 2 atom stereocenters. The van der Waals surface area contributed by atoms with Crippen molar-refractivity contribution >= 4 is 18.2 Å². The van der Waals surface area contributed by atoms with E-state index in [0.717, 1.165) is 6.54 Å². The molecule has 0 aromatic rings. The van der Waals surface area contributed by atoms with Gasteiger partial charge in [0.15, 0.2) is 0 Å². The van der Waals surface area contributed by atoms with E-state index in [9.17, 15) is 4.57 Å². The van der Waals surface area contributed by atoms with E-state index in [1.807, 2.05) is 14.0 Å². The van der Waals surface area contributed by atoms with Gasteiger partial charge in [-0.25, -0.2) is 4.57 Å². The molecule has 0 aliphatic carbocycles. The monoisotopic (exact) mass is 228 g/mol. The lowest BCUT2D eigenvalue weighted by atomic mass is 10.3. The fraction of sp³-hybridized carbons (Fsp3) is 1.00. The van der Waals surface area contributed by atoms with Crippen LogP contribution in [0.1, 0.15) is 13.8 Å². The first kappa shape index (κ1) is 13.4. The first-order valence-corrected chi connectivity index (χ1v) is 7.09. The van der Waals surface area contributed by atoms with Crippen LogP contribution in [0.25, 0.3) is 0 Å². The van der Waals surface area contributed by atoms with Crippen molar-refractivity contribution in [2.24, 2.45) is 0 Å². The minimum absolute atomic E-state index is 0.194. The molecular formula is C6H17N2O3PS. The van der Waals surface area contributed by atoms with Gasteiger partial charge in [-0.1, -0.05) is 0 Å². The molecule has 5 nitrogen and oxygen atoms in total. The quantitative estimate of drug-likeness (QED) is 0.388. The van der Waals surface area contributed by atoms with E-state index in [4.69, 9.17) is 9.79 Å². The second kappa shape index (κ2) is 6.01. The molecular weight excluding hydrogens is 211 g/mol. The number of hydrogen-bond donors (Lipinski definition) is 4. The Morgan fingerprint density at radius 1 is 1.46 bits per heavy atom. The van der Waals surface area contributed by atoms with Crippen LogP contribution >= 0.6 is 18.2 Å². The normalized spacial score (nSPS) is 17.0. The van der Waals surface area contributed by atoms with E-state index < -0.39 is 6.80 Å². The molecule has 80 valence electrons. The van der Waals surface area contributed by atoms with Crippen molar-refractivity contribution in [3.63, 3.8) is 0 Å². The Hall–Kier alpha value is 0.420. The minimum atomic E-state index is -3.96. The second-order valence-electron chi connectivity index (χ2n) is 2.86. The summed E-state index contributed by atoms with van der Waals surface area (Å²) in [5.74, 6) is 0. The van der Waals surface area contributed by atoms with Crippen molar-refractivity contribution in [1.82, 2.24) is 10.6 Å². The lowest BCUT2D eigenvalue weighted by Gasteiger charge is -2.19. The standard InChI is InChI=1S/C6H17N2O3PS/c1-5(4-7-3)8-6(2)13-12(9,10)11/h5-8H,4H2,1-3H3,(H2,9,10,11). The molecule has 0 aliphatic heterocycles. The number of hydrogen-bond acceptors (Lipinski definition) is 4. The largest absolute Gasteiger partial charge is 0.385 e. The lowest BCUT2D eigenvalue weighted by molar-refractivity contribution is 0.396. The average Bonchev–Trinajstić information content (AvgIpc) is 1.81. The van der Waals surface area contributed by atoms with Gasteiger partial charge in [0.05, 0.1) is 5.37 Å². The predicted molar refractivity (Wildman–Crippen MR) is 55.6 cm³/mol. The Kier molecular flexibility index (Phi) is 6.20. The highest BCUT2D eigenvalue weighted by Gasteiger charge is 2.19. The van der Waals surface area contributed by atoms with Crippen molar-refractivity contribution in [2.45, 2.75) is 25.3 Å². The maximum atomic E-state index is 10.6. The van der Waals surface area contributed by atoms with Crippen LogP contribution in [0.2, 0.25) is 0 Å². The molecule has 0 fully saturated rings. The molecule has 0 saturated heterocycles. The number of likely N-dealkylation sites (N-methyl/N-ethyl adjacent to an activating group) is 1. The summed E-state index contributed by atoms with van der Waals surface area (Å²) in [6, 6.07) is 0.194. The van der Waals surface area contributed by atoms with Crippen molar-refractivity contribution in [2.75, 3.05) is 13.6 Å². The molecule has 0 amide bonds. The van der Waals surface area contributed by atoms with E-state index in [2.05, 4.69) is 10.6 Å². The summed E-state index contributed by atoms with van der Waals surface area (Å²) in [5.41, 5.74) is 0. The highest BCUT2D eigenvalue weighted by Crippen LogP contribution is 2.51. The molecule has 2 unspecified atom stereocenters. The molecule has 0 bridgehead atoms. The Bertz CT molecular complexity index is 187. The number of nitrogens with one attached hydrogen (secondary N) is 2. The van der Waals surface area contributed by atoms with Crippen LogP contribution in [0.4, 0.5) is 0 Å². The minimum Gasteiger partial charge on any atom is -0.318 e. The summed E-state index contributed by atoms with van der Waals surface area (Å²) in [4.78, 5) is 17.3. The van der Waals surface area contributed by atoms with Crippen LogP contribution in [-0.4, -0.2) is 34.8 Å². The lowest BCUT2D eigenvalue weighted by Crippen LogP contribution is -2.38. The Balaban J connectivity index is 3.74. The van der Waals surface area contributed by atoms with Crippen LogP contribution < -0.4 is 10.6 Å². The van der Waals surface area contributed by atoms with Crippen molar-refractivity contribution < 1.29 is 14.4 Å². The van der Waals surface area contributed by atoms with Gasteiger partial charge < -0.3 is 20.4 Å². The van der Waals surface area contributed by atoms with Gasteiger partial charge in [0, 0.05) is 12.6 Å². The van der Waals surface area contributed by atoms with Gasteiger partial charge in [-0.3, -0.25) is 0 Å². The summed E-state index contributed by atoms with van der Waals surface area (Å²) >= 11 is 0.639. The molecule has 0 spiro atoms. The van der Waals surface area contributed by atoms with Gasteiger partial charge in [-0.05, 0) is 32.3 Å². The molecule has 7 heteroatoms. The molecule has 0 aromatic carbocycles. The summed E-state index contributed by atoms with van der Waals surface area (Å²) in [6.07, 6.45) is 0. The van der Waals surface area contributed by atoms with Crippen LogP contribution in [-0.2, 0) is 4.57 Å². The third kappa shape index (κ3) is 8.74. The molecule has 0 aromatic heterocycles. The molecule has 13 heavy (non-hydrogen) atoms. The third-order valence-electron chi connectivity index (χ3n) is 1.32. The summed E-state index contributed by atoms with van der Waals surface area (Å²) < 4.78 is 10.6. The molecule has 0 aliphatic rings. The summed E-state index contributed by atoms with van der Waals surface area (Å²) in [6.45, 7) is 0.490. The molecule has 4 N–H and O–H groups in total. The van der Waals surface area contributed by atoms with Gasteiger partial charge in [-0.2, -0.15) is 0 Å². The molecule has 0 rings (SSSR count). The smallest absolute Gasteiger partial charge is 0.318 e. The predicted octanol–water partition coefficient (Wildman–Crippen LogP) is 0.356. The zero-order valence-electron chi connectivity index (χ0n) is 8.02. The SMILES string of the molecule is CNCC(C)NC(C)SP(=O)(O)O. The Labute approximate surface area is 82.6 Å². The van der Waals surface area contributed by atoms with E-state index in [-0.39, 0.29) is 11.4 Å².